The lowest BCUT2D eigenvalue weighted by Gasteiger charge is -2.05. The van der Waals surface area contributed by atoms with Gasteiger partial charge in [0.25, 0.3) is 0 Å². The van der Waals surface area contributed by atoms with E-state index in [1.54, 1.807) is 13.8 Å². The third-order valence-electron chi connectivity index (χ3n) is 0.975. The van der Waals surface area contributed by atoms with Gasteiger partial charge in [-0.3, -0.25) is 4.21 Å². The molecular weight excluding hydrogens is 164 g/mol. The lowest BCUT2D eigenvalue weighted by molar-refractivity contribution is 0.542. The predicted molar refractivity (Wildman–Crippen MR) is 44.6 cm³/mol. The maximum Gasteiger partial charge on any atom is 0.0957 e. The summed E-state index contributed by atoms with van der Waals surface area (Å²) in [5, 5.41) is 0. The van der Waals surface area contributed by atoms with Crippen LogP contribution in [0.3, 0.4) is 0 Å². The first-order valence-corrected chi connectivity index (χ1v) is 4.23. The molecule has 0 heterocycles. The van der Waals surface area contributed by atoms with E-state index in [9.17, 15) is 8.76 Å². The lowest BCUT2D eigenvalue weighted by atomic mass is 10.5. The number of amidine groups is 1. The van der Waals surface area contributed by atoms with E-state index in [4.69, 9.17) is 5.73 Å². The number of rotatable bonds is 3. The van der Waals surface area contributed by atoms with Crippen molar-refractivity contribution < 1.29 is 8.76 Å². The molecule has 0 saturated heterocycles. The average Bonchev–Trinajstić information content (AvgIpc) is 1.87. The largest absolute Gasteiger partial charge is 0.769 e. The van der Waals surface area contributed by atoms with Crippen molar-refractivity contribution in [3.8, 4) is 0 Å². The van der Waals surface area contributed by atoms with Gasteiger partial charge < -0.3 is 10.3 Å². The second-order valence-electron chi connectivity index (χ2n) is 1.95. The summed E-state index contributed by atoms with van der Waals surface area (Å²) in [5.74, 6) is 0.349. The maximum atomic E-state index is 10.4. The van der Waals surface area contributed by atoms with Gasteiger partial charge in [0.15, 0.2) is 0 Å². The number of nitrogens with two attached hydrogens (primary N) is 1. The Morgan fingerprint density at radius 3 is 2.64 bits per heavy atom. The third-order valence-corrected chi connectivity index (χ3v) is 1.80. The Kier molecular flexibility index (Phi) is 4.72. The van der Waals surface area contributed by atoms with Gasteiger partial charge in [-0.05, 0) is 24.4 Å². The van der Waals surface area contributed by atoms with E-state index in [1.165, 1.54) is 6.20 Å². The molecule has 0 aliphatic rings. The number of allylic oxidation sites excluding steroid dienone is 1. The van der Waals surface area contributed by atoms with Crippen LogP contribution >= 0.6 is 0 Å². The summed E-state index contributed by atoms with van der Waals surface area (Å²) in [7, 11) is 0. The highest BCUT2D eigenvalue weighted by Gasteiger charge is 1.90. The molecule has 0 aromatic carbocycles. The van der Waals surface area contributed by atoms with Crippen molar-refractivity contribution in [2.24, 2.45) is 10.7 Å². The molecule has 5 heteroatoms. The van der Waals surface area contributed by atoms with Gasteiger partial charge in [0.05, 0.1) is 5.84 Å². The SMILES string of the molecule is CC/C(=C\N=C(C)N)S(=O)[O-]. The fraction of sp³-hybridized carbons (Fsp3) is 0.500. The van der Waals surface area contributed by atoms with E-state index in [-0.39, 0.29) is 4.91 Å². The fourth-order valence-electron chi connectivity index (χ4n) is 0.426. The number of aliphatic imine (C=N–C) groups is 1. The van der Waals surface area contributed by atoms with Crippen molar-refractivity contribution in [3.63, 3.8) is 0 Å². The molecule has 0 spiro atoms. The Bertz CT molecular complexity index is 207. The Balaban J connectivity index is 4.37. The average molecular weight is 175 g/mol. The fourth-order valence-corrected chi connectivity index (χ4v) is 0.800. The summed E-state index contributed by atoms with van der Waals surface area (Å²) in [5.41, 5.74) is 5.20. The van der Waals surface area contributed by atoms with E-state index < -0.39 is 11.1 Å². The van der Waals surface area contributed by atoms with Crippen LogP contribution < -0.4 is 5.73 Å². The van der Waals surface area contributed by atoms with E-state index in [0.717, 1.165) is 0 Å². The Labute approximate surface area is 68.5 Å². The minimum atomic E-state index is -2.17. The standard InChI is InChI=1S/C6H12N2O2S/c1-3-6(11(9)10)4-8-5(2)7/h4H,3H2,1-2H3,(H2,7,8)(H,9,10)/p-1/b6-4+. The quantitative estimate of drug-likeness (QED) is 0.385. The minimum Gasteiger partial charge on any atom is -0.769 e. The highest BCUT2D eigenvalue weighted by molar-refractivity contribution is 7.83. The molecule has 0 amide bonds. The first-order chi connectivity index (χ1) is 5.07. The minimum absolute atomic E-state index is 0.259. The van der Waals surface area contributed by atoms with Gasteiger partial charge in [-0.1, -0.05) is 6.92 Å². The monoisotopic (exact) mass is 175 g/mol. The van der Waals surface area contributed by atoms with Crippen LogP contribution in [-0.4, -0.2) is 14.6 Å². The Morgan fingerprint density at radius 2 is 2.36 bits per heavy atom. The highest BCUT2D eigenvalue weighted by atomic mass is 32.2. The van der Waals surface area contributed by atoms with Gasteiger partial charge >= 0.3 is 0 Å². The van der Waals surface area contributed by atoms with Gasteiger partial charge in [0.2, 0.25) is 0 Å². The lowest BCUT2D eigenvalue weighted by Crippen LogP contribution is -2.04. The topological polar surface area (TPSA) is 78.5 Å². The zero-order chi connectivity index (χ0) is 8.85. The molecule has 0 aromatic heterocycles. The van der Waals surface area contributed by atoms with Crippen LogP contribution in [0.25, 0.3) is 0 Å². The summed E-state index contributed by atoms with van der Waals surface area (Å²) >= 11 is -2.17. The van der Waals surface area contributed by atoms with Crippen molar-refractivity contribution >= 4 is 16.9 Å². The van der Waals surface area contributed by atoms with E-state index in [0.29, 0.717) is 12.3 Å². The maximum absolute atomic E-state index is 10.4. The smallest absolute Gasteiger partial charge is 0.0957 e. The molecule has 0 aliphatic carbocycles. The molecule has 0 fully saturated rings. The zero-order valence-electron chi connectivity index (χ0n) is 6.53. The van der Waals surface area contributed by atoms with Crippen LogP contribution in [0.1, 0.15) is 20.3 Å². The van der Waals surface area contributed by atoms with Crippen molar-refractivity contribution in [2.75, 3.05) is 0 Å². The molecule has 0 aromatic rings. The molecule has 2 N–H and O–H groups in total. The second-order valence-corrected chi connectivity index (χ2v) is 2.95. The highest BCUT2D eigenvalue weighted by Crippen LogP contribution is 2.03. The molecule has 0 radical (unpaired) electrons. The summed E-state index contributed by atoms with van der Waals surface area (Å²) in [6.07, 6.45) is 1.70. The van der Waals surface area contributed by atoms with Crippen LogP contribution in [-0.2, 0) is 11.1 Å². The van der Waals surface area contributed by atoms with Crippen molar-refractivity contribution in [3.05, 3.63) is 11.1 Å². The van der Waals surface area contributed by atoms with Crippen molar-refractivity contribution in [2.45, 2.75) is 20.3 Å². The van der Waals surface area contributed by atoms with Crippen LogP contribution in [0, 0.1) is 0 Å². The summed E-state index contributed by atoms with van der Waals surface area (Å²) < 4.78 is 20.7. The van der Waals surface area contributed by atoms with Gasteiger partial charge in [0.1, 0.15) is 0 Å². The molecule has 64 valence electrons. The number of nitrogens with zero attached hydrogens (tertiary/aromatic N) is 1. The van der Waals surface area contributed by atoms with Crippen LogP contribution in [0.4, 0.5) is 0 Å². The van der Waals surface area contributed by atoms with E-state index in [1.807, 2.05) is 0 Å². The normalized spacial score (nSPS) is 16.6. The summed E-state index contributed by atoms with van der Waals surface area (Å²) in [6, 6.07) is 0. The molecular formula is C6H11N2O2S-. The predicted octanol–water partition coefficient (Wildman–Crippen LogP) is 0.494. The summed E-state index contributed by atoms with van der Waals surface area (Å²) in [4.78, 5) is 3.92. The molecule has 1 unspecified atom stereocenters. The molecule has 0 bridgehead atoms. The number of hydrogen-bond donors (Lipinski definition) is 1. The van der Waals surface area contributed by atoms with Gasteiger partial charge in [-0.25, -0.2) is 4.99 Å². The van der Waals surface area contributed by atoms with Gasteiger partial charge in [-0.15, -0.1) is 0 Å². The van der Waals surface area contributed by atoms with Crippen molar-refractivity contribution in [1.29, 1.82) is 0 Å². The van der Waals surface area contributed by atoms with Crippen LogP contribution in [0.2, 0.25) is 0 Å². The van der Waals surface area contributed by atoms with Gasteiger partial charge in [-0.2, -0.15) is 0 Å². The van der Waals surface area contributed by atoms with E-state index >= 15 is 0 Å². The molecule has 4 nitrogen and oxygen atoms in total. The van der Waals surface area contributed by atoms with Crippen LogP contribution in [0.5, 0.6) is 0 Å². The zero-order valence-corrected chi connectivity index (χ0v) is 7.35. The molecule has 0 saturated carbocycles. The summed E-state index contributed by atoms with van der Waals surface area (Å²) in [6.45, 7) is 3.33. The Morgan fingerprint density at radius 1 is 1.82 bits per heavy atom. The van der Waals surface area contributed by atoms with Crippen molar-refractivity contribution in [1.82, 2.24) is 0 Å². The molecule has 11 heavy (non-hydrogen) atoms. The van der Waals surface area contributed by atoms with Crippen LogP contribution in [0.15, 0.2) is 16.1 Å². The van der Waals surface area contributed by atoms with E-state index in [2.05, 4.69) is 4.99 Å². The number of hydrogen-bond acceptors (Lipinski definition) is 3. The third kappa shape index (κ3) is 4.69. The van der Waals surface area contributed by atoms with Gasteiger partial charge in [0, 0.05) is 11.1 Å². The molecule has 1 atom stereocenters. The first-order valence-electron chi connectivity index (χ1n) is 3.16. The molecule has 0 rings (SSSR count). The molecule has 0 aliphatic heterocycles. The first kappa shape index (κ1) is 10.3. The second kappa shape index (κ2) is 5.03. The Hall–Kier alpha value is -0.680.